The first kappa shape index (κ1) is 20.4. The van der Waals surface area contributed by atoms with Crippen molar-refractivity contribution < 1.29 is 4.74 Å². The molecule has 1 aromatic heterocycles. The Morgan fingerprint density at radius 3 is 2.43 bits per heavy atom. The van der Waals surface area contributed by atoms with E-state index in [1.807, 2.05) is 12.1 Å². The predicted octanol–water partition coefficient (Wildman–Crippen LogP) is 1.45. The number of aromatic amines is 1. The average Bonchev–Trinajstić information content (AvgIpc) is 2.70. The van der Waals surface area contributed by atoms with Crippen molar-refractivity contribution in [3.05, 3.63) is 62.4 Å². The molecule has 0 atom stereocenters. The van der Waals surface area contributed by atoms with Crippen LogP contribution in [-0.4, -0.2) is 59.2 Å². The molecule has 3 rings (SSSR count). The highest BCUT2D eigenvalue weighted by atomic mass is 16.5. The number of piperazine rings is 1. The number of benzene rings is 1. The van der Waals surface area contributed by atoms with Crippen molar-refractivity contribution in [3.63, 3.8) is 0 Å². The van der Waals surface area contributed by atoms with Gasteiger partial charge in [0.05, 0.1) is 7.11 Å². The first-order chi connectivity index (χ1) is 13.6. The van der Waals surface area contributed by atoms with Gasteiger partial charge in [0.2, 0.25) is 0 Å². The number of ether oxygens (including phenoxy) is 1. The summed E-state index contributed by atoms with van der Waals surface area (Å²) < 4.78 is 7.05. The van der Waals surface area contributed by atoms with Crippen LogP contribution in [0.3, 0.4) is 0 Å². The number of hydrogen-bond donors (Lipinski definition) is 1. The number of para-hydroxylation sites is 1. The van der Waals surface area contributed by atoms with E-state index >= 15 is 0 Å². The molecule has 7 nitrogen and oxygen atoms in total. The van der Waals surface area contributed by atoms with Crippen LogP contribution in [-0.2, 0) is 13.1 Å². The topological polar surface area (TPSA) is 70.6 Å². The van der Waals surface area contributed by atoms with Gasteiger partial charge in [-0.1, -0.05) is 18.2 Å². The lowest BCUT2D eigenvalue weighted by Crippen LogP contribution is -2.46. The molecular formula is C21H30N4O3. The standard InChI is InChI=1S/C21H30N4O3/c1-17-15-25(21(27)22-20(17)26)10-6-5-9-23-11-13-24(14-12-23)16-18-7-3-4-8-19(18)28-2/h3-4,7-8,15H,5-6,9-14,16H2,1-2H3,(H,22,26,27). The first-order valence-electron chi connectivity index (χ1n) is 9.94. The van der Waals surface area contributed by atoms with Crippen molar-refractivity contribution in [1.82, 2.24) is 19.4 Å². The van der Waals surface area contributed by atoms with E-state index in [4.69, 9.17) is 4.74 Å². The fourth-order valence-electron chi connectivity index (χ4n) is 3.65. The summed E-state index contributed by atoms with van der Waals surface area (Å²) in [5.74, 6) is 0.956. The normalized spacial score (nSPS) is 15.6. The van der Waals surface area contributed by atoms with Crippen molar-refractivity contribution in [2.24, 2.45) is 0 Å². The van der Waals surface area contributed by atoms with Crippen molar-refractivity contribution in [1.29, 1.82) is 0 Å². The van der Waals surface area contributed by atoms with Crippen molar-refractivity contribution >= 4 is 0 Å². The van der Waals surface area contributed by atoms with Gasteiger partial charge in [-0.05, 0) is 32.4 Å². The van der Waals surface area contributed by atoms with Crippen LogP contribution < -0.4 is 16.0 Å². The number of aromatic nitrogens is 2. The minimum Gasteiger partial charge on any atom is -0.496 e. The molecule has 0 spiro atoms. The van der Waals surface area contributed by atoms with Gasteiger partial charge < -0.3 is 14.2 Å². The molecule has 1 fully saturated rings. The molecule has 1 saturated heterocycles. The highest BCUT2D eigenvalue weighted by Crippen LogP contribution is 2.20. The van der Waals surface area contributed by atoms with Gasteiger partial charge in [-0.25, -0.2) is 4.79 Å². The third-order valence-electron chi connectivity index (χ3n) is 5.36. The van der Waals surface area contributed by atoms with E-state index in [-0.39, 0.29) is 11.2 Å². The van der Waals surface area contributed by atoms with Gasteiger partial charge in [0.15, 0.2) is 0 Å². The minimum atomic E-state index is -0.319. The second kappa shape index (κ2) is 9.71. The number of nitrogens with zero attached hydrogens (tertiary/aromatic N) is 3. The summed E-state index contributed by atoms with van der Waals surface area (Å²) in [4.78, 5) is 30.5. The highest BCUT2D eigenvalue weighted by molar-refractivity contribution is 5.33. The van der Waals surface area contributed by atoms with Gasteiger partial charge in [0.1, 0.15) is 5.75 Å². The Kier molecular flexibility index (Phi) is 7.06. The van der Waals surface area contributed by atoms with Gasteiger partial charge in [-0.15, -0.1) is 0 Å². The molecule has 0 bridgehead atoms. The van der Waals surface area contributed by atoms with Crippen LogP contribution in [0, 0.1) is 6.92 Å². The molecule has 0 unspecified atom stereocenters. The summed E-state index contributed by atoms with van der Waals surface area (Å²) in [5, 5.41) is 0. The minimum absolute atomic E-state index is 0.299. The Labute approximate surface area is 165 Å². The summed E-state index contributed by atoms with van der Waals surface area (Å²) >= 11 is 0. The Hall–Kier alpha value is -2.38. The van der Waals surface area contributed by atoms with E-state index in [9.17, 15) is 9.59 Å². The SMILES string of the molecule is COc1ccccc1CN1CCN(CCCCn2cc(C)c(=O)[nH]c2=O)CC1. The molecule has 0 amide bonds. The Morgan fingerprint density at radius 2 is 1.68 bits per heavy atom. The van der Waals surface area contributed by atoms with E-state index in [1.165, 1.54) is 5.56 Å². The van der Waals surface area contributed by atoms with Crippen molar-refractivity contribution in [3.8, 4) is 5.75 Å². The highest BCUT2D eigenvalue weighted by Gasteiger charge is 2.17. The molecule has 2 aromatic rings. The number of unbranched alkanes of at least 4 members (excludes halogenated alkanes) is 1. The van der Waals surface area contributed by atoms with Crippen LogP contribution in [0.4, 0.5) is 0 Å². The Morgan fingerprint density at radius 1 is 1.00 bits per heavy atom. The zero-order valence-corrected chi connectivity index (χ0v) is 16.8. The van der Waals surface area contributed by atoms with Crippen LogP contribution in [0.2, 0.25) is 0 Å². The van der Waals surface area contributed by atoms with E-state index in [1.54, 1.807) is 24.8 Å². The van der Waals surface area contributed by atoms with Crippen LogP contribution in [0.1, 0.15) is 24.0 Å². The summed E-state index contributed by atoms with van der Waals surface area (Å²) in [6.45, 7) is 8.56. The Bertz CT molecular complexity index is 882. The first-order valence-corrected chi connectivity index (χ1v) is 9.94. The molecular weight excluding hydrogens is 356 g/mol. The second-order valence-corrected chi connectivity index (χ2v) is 7.40. The van der Waals surface area contributed by atoms with Gasteiger partial charge in [-0.3, -0.25) is 14.7 Å². The van der Waals surface area contributed by atoms with E-state index in [0.717, 1.165) is 57.9 Å². The monoisotopic (exact) mass is 386 g/mol. The van der Waals surface area contributed by atoms with E-state index < -0.39 is 0 Å². The largest absolute Gasteiger partial charge is 0.496 e. The molecule has 1 aliphatic rings. The number of H-pyrrole nitrogens is 1. The zero-order chi connectivity index (χ0) is 19.9. The number of methoxy groups -OCH3 is 1. The summed E-state index contributed by atoms with van der Waals surface area (Å²) in [5.41, 5.74) is 1.19. The van der Waals surface area contributed by atoms with E-state index in [0.29, 0.717) is 12.1 Å². The molecule has 1 aromatic carbocycles. The average molecular weight is 386 g/mol. The Balaban J connectivity index is 1.38. The number of rotatable bonds is 8. The zero-order valence-electron chi connectivity index (χ0n) is 16.8. The molecule has 0 radical (unpaired) electrons. The summed E-state index contributed by atoms with van der Waals surface area (Å²) in [6, 6.07) is 8.21. The van der Waals surface area contributed by atoms with Crippen LogP contribution in [0.25, 0.3) is 0 Å². The quantitative estimate of drug-likeness (QED) is 0.696. The van der Waals surface area contributed by atoms with E-state index in [2.05, 4.69) is 26.9 Å². The predicted molar refractivity (Wildman–Crippen MR) is 110 cm³/mol. The number of aryl methyl sites for hydroxylation is 2. The molecule has 1 aliphatic heterocycles. The van der Waals surface area contributed by atoms with Crippen LogP contribution >= 0.6 is 0 Å². The summed E-state index contributed by atoms with van der Waals surface area (Å²) in [6.07, 6.45) is 3.61. The van der Waals surface area contributed by atoms with Gasteiger partial charge in [0.25, 0.3) is 5.56 Å². The van der Waals surface area contributed by atoms with Gasteiger partial charge in [0, 0.05) is 56.6 Å². The maximum atomic E-state index is 11.8. The maximum Gasteiger partial charge on any atom is 0.328 e. The van der Waals surface area contributed by atoms with Crippen LogP contribution in [0.15, 0.2) is 40.1 Å². The fourth-order valence-corrected chi connectivity index (χ4v) is 3.65. The molecule has 0 saturated carbocycles. The van der Waals surface area contributed by atoms with Gasteiger partial charge in [-0.2, -0.15) is 0 Å². The number of hydrogen-bond acceptors (Lipinski definition) is 5. The lowest BCUT2D eigenvalue weighted by atomic mass is 10.1. The van der Waals surface area contributed by atoms with Crippen LogP contribution in [0.5, 0.6) is 5.75 Å². The third-order valence-corrected chi connectivity index (χ3v) is 5.36. The smallest absolute Gasteiger partial charge is 0.328 e. The molecule has 28 heavy (non-hydrogen) atoms. The lowest BCUT2D eigenvalue weighted by Gasteiger charge is -2.35. The maximum absolute atomic E-state index is 11.8. The summed E-state index contributed by atoms with van der Waals surface area (Å²) in [7, 11) is 1.72. The molecule has 1 N–H and O–H groups in total. The lowest BCUT2D eigenvalue weighted by molar-refractivity contribution is 0.124. The molecule has 152 valence electrons. The van der Waals surface area contributed by atoms with Gasteiger partial charge >= 0.3 is 5.69 Å². The second-order valence-electron chi connectivity index (χ2n) is 7.40. The molecule has 2 heterocycles. The number of nitrogens with one attached hydrogen (secondary N) is 1. The van der Waals surface area contributed by atoms with Crippen molar-refractivity contribution in [2.45, 2.75) is 32.9 Å². The fraction of sp³-hybridized carbons (Fsp3) is 0.524. The molecule has 7 heteroatoms. The molecule has 0 aliphatic carbocycles. The van der Waals surface area contributed by atoms with Crippen molar-refractivity contribution in [2.75, 3.05) is 39.8 Å². The third kappa shape index (κ3) is 5.33.